The Morgan fingerprint density at radius 2 is 1.29 bits per heavy atom. The summed E-state index contributed by atoms with van der Waals surface area (Å²) in [6.07, 6.45) is 1.83. The molecule has 90 valence electrons. The van der Waals surface area contributed by atoms with Crippen LogP contribution in [0.15, 0.2) is 0 Å². The predicted molar refractivity (Wildman–Crippen MR) is 66.8 cm³/mol. The lowest BCUT2D eigenvalue weighted by atomic mass is 10.1. The minimum Gasteiger partial charge on any atom is -0.393 e. The maximum absolute atomic E-state index is 8.96. The van der Waals surface area contributed by atoms with Crippen LogP contribution in [-0.4, -0.2) is 36.2 Å². The maximum Gasteiger partial charge on any atom is 0.0512 e. The zero-order valence-electron chi connectivity index (χ0n) is 11.5. The average Bonchev–Trinajstić information content (AvgIpc) is 2.20. The van der Waals surface area contributed by atoms with E-state index in [9.17, 15) is 0 Å². The van der Waals surface area contributed by atoms with Crippen LogP contribution in [0.2, 0.25) is 0 Å². The van der Waals surface area contributed by atoms with Crippen molar-refractivity contribution in [1.82, 2.24) is 4.90 Å². The third-order valence-electron chi connectivity index (χ3n) is 1.88. The second-order valence-corrected chi connectivity index (χ2v) is 3.24. The van der Waals surface area contributed by atoms with Gasteiger partial charge in [-0.3, -0.25) is 0 Å². The number of hydrogen-bond acceptors (Lipinski definition) is 2. The molecule has 0 amide bonds. The van der Waals surface area contributed by atoms with Crippen LogP contribution < -0.4 is 0 Å². The molecule has 2 heteroatoms. The molecule has 2 nitrogen and oxygen atoms in total. The first-order chi connectivity index (χ1) is 6.54. The molecule has 0 saturated carbocycles. The summed E-state index contributed by atoms with van der Waals surface area (Å²) in [6, 6.07) is 0.578. The number of aliphatic hydroxyl groups excluding tert-OH is 1. The highest BCUT2D eigenvalue weighted by Crippen LogP contribution is 2.04. The Morgan fingerprint density at radius 3 is 1.50 bits per heavy atom. The second-order valence-electron chi connectivity index (χ2n) is 3.24. The van der Waals surface area contributed by atoms with Gasteiger partial charge in [0.05, 0.1) is 6.10 Å². The van der Waals surface area contributed by atoms with Gasteiger partial charge >= 0.3 is 0 Å². The topological polar surface area (TPSA) is 23.5 Å². The summed E-state index contributed by atoms with van der Waals surface area (Å²) >= 11 is 0. The first kappa shape index (κ1) is 19.5. The fourth-order valence-electron chi connectivity index (χ4n) is 0.741. The smallest absolute Gasteiger partial charge is 0.0512 e. The van der Waals surface area contributed by atoms with E-state index in [1.807, 2.05) is 34.6 Å². The van der Waals surface area contributed by atoms with Crippen LogP contribution >= 0.6 is 0 Å². The van der Waals surface area contributed by atoms with Crippen molar-refractivity contribution in [3.05, 3.63) is 0 Å². The highest BCUT2D eigenvalue weighted by Gasteiger charge is 2.05. The Kier molecular flexibility index (Phi) is 21.4. The molecule has 14 heavy (non-hydrogen) atoms. The van der Waals surface area contributed by atoms with E-state index in [2.05, 4.69) is 25.9 Å². The van der Waals surface area contributed by atoms with E-state index >= 15 is 0 Å². The summed E-state index contributed by atoms with van der Waals surface area (Å²) < 4.78 is 0. The minimum atomic E-state index is -0.151. The molecule has 0 aromatic heterocycles. The Labute approximate surface area is 91.3 Å². The summed E-state index contributed by atoms with van der Waals surface area (Å²) in [7, 11) is 4.12. The molecule has 2 atom stereocenters. The van der Waals surface area contributed by atoms with Crippen LogP contribution in [0, 0.1) is 0 Å². The number of hydrogen-bond donors (Lipinski definition) is 1. The van der Waals surface area contributed by atoms with Gasteiger partial charge in [0.2, 0.25) is 0 Å². The molecule has 1 N–H and O–H groups in total. The van der Waals surface area contributed by atoms with Gasteiger partial charge in [0.1, 0.15) is 0 Å². The SMILES string of the molecule is CC.CC.CC(O)CCC(C)N(C)C. The van der Waals surface area contributed by atoms with Crippen molar-refractivity contribution in [3.8, 4) is 0 Å². The van der Waals surface area contributed by atoms with Crippen LogP contribution in [0.25, 0.3) is 0 Å². The maximum atomic E-state index is 8.96. The van der Waals surface area contributed by atoms with Crippen molar-refractivity contribution in [3.63, 3.8) is 0 Å². The zero-order valence-corrected chi connectivity index (χ0v) is 11.5. The Morgan fingerprint density at radius 1 is 0.929 bits per heavy atom. The summed E-state index contributed by atoms with van der Waals surface area (Å²) in [4.78, 5) is 2.17. The largest absolute Gasteiger partial charge is 0.393 e. The molecule has 0 spiro atoms. The van der Waals surface area contributed by atoms with Gasteiger partial charge in [-0.1, -0.05) is 27.7 Å². The van der Waals surface area contributed by atoms with Crippen LogP contribution in [0.5, 0.6) is 0 Å². The van der Waals surface area contributed by atoms with E-state index in [-0.39, 0.29) is 6.10 Å². The van der Waals surface area contributed by atoms with E-state index in [1.165, 1.54) is 0 Å². The van der Waals surface area contributed by atoms with E-state index in [0.717, 1.165) is 12.8 Å². The fourth-order valence-corrected chi connectivity index (χ4v) is 0.741. The Balaban J connectivity index is -0.000000266. The monoisotopic (exact) mass is 205 g/mol. The van der Waals surface area contributed by atoms with Crippen LogP contribution in [0.4, 0.5) is 0 Å². The molecule has 0 bridgehead atoms. The van der Waals surface area contributed by atoms with Crippen molar-refractivity contribution in [2.75, 3.05) is 14.1 Å². The van der Waals surface area contributed by atoms with Crippen molar-refractivity contribution >= 4 is 0 Å². The molecule has 0 aliphatic carbocycles. The highest BCUT2D eigenvalue weighted by molar-refractivity contribution is 4.60. The van der Waals surface area contributed by atoms with Gasteiger partial charge in [0.15, 0.2) is 0 Å². The average molecular weight is 205 g/mol. The molecule has 0 saturated heterocycles. The van der Waals surface area contributed by atoms with E-state index in [0.29, 0.717) is 6.04 Å². The van der Waals surface area contributed by atoms with Crippen LogP contribution in [0.3, 0.4) is 0 Å². The van der Waals surface area contributed by atoms with Crippen molar-refractivity contribution in [2.24, 2.45) is 0 Å². The molecular weight excluding hydrogens is 174 g/mol. The van der Waals surface area contributed by atoms with Gasteiger partial charge in [-0.05, 0) is 40.8 Å². The lowest BCUT2D eigenvalue weighted by molar-refractivity contribution is 0.165. The number of rotatable bonds is 4. The lowest BCUT2D eigenvalue weighted by Gasteiger charge is -2.19. The molecule has 0 aliphatic heterocycles. The minimum absolute atomic E-state index is 0.151. The summed E-state index contributed by atoms with van der Waals surface area (Å²) in [5.41, 5.74) is 0. The van der Waals surface area contributed by atoms with Gasteiger partial charge in [-0.15, -0.1) is 0 Å². The fraction of sp³-hybridized carbons (Fsp3) is 1.00. The quantitative estimate of drug-likeness (QED) is 0.762. The second kappa shape index (κ2) is 15.4. The lowest BCUT2D eigenvalue weighted by Crippen LogP contribution is -2.25. The molecule has 0 rings (SSSR count). The Hall–Kier alpha value is -0.0800. The van der Waals surface area contributed by atoms with Gasteiger partial charge in [0, 0.05) is 6.04 Å². The first-order valence-electron chi connectivity index (χ1n) is 5.88. The van der Waals surface area contributed by atoms with Crippen molar-refractivity contribution < 1.29 is 5.11 Å². The molecule has 0 heterocycles. The van der Waals surface area contributed by atoms with Crippen LogP contribution in [0.1, 0.15) is 54.4 Å². The molecule has 0 aliphatic rings. The van der Waals surface area contributed by atoms with E-state index in [4.69, 9.17) is 5.11 Å². The number of nitrogens with zero attached hydrogens (tertiary/aromatic N) is 1. The van der Waals surface area contributed by atoms with Crippen molar-refractivity contribution in [1.29, 1.82) is 0 Å². The van der Waals surface area contributed by atoms with Gasteiger partial charge < -0.3 is 10.0 Å². The number of aliphatic hydroxyl groups is 1. The molecule has 0 radical (unpaired) electrons. The molecule has 0 aromatic carbocycles. The van der Waals surface area contributed by atoms with Crippen LogP contribution in [-0.2, 0) is 0 Å². The predicted octanol–water partition coefficient (Wildman–Crippen LogP) is 3.15. The van der Waals surface area contributed by atoms with Crippen molar-refractivity contribution in [2.45, 2.75) is 66.5 Å². The van der Waals surface area contributed by atoms with E-state index in [1.54, 1.807) is 0 Å². The zero-order chi connectivity index (χ0) is 12.1. The standard InChI is InChI=1S/C8H19NO.2C2H6/c1-7(9(3)4)5-6-8(2)10;2*1-2/h7-8,10H,5-6H2,1-4H3;2*1-2H3. The molecule has 0 fully saturated rings. The Bertz CT molecular complexity index is 82.4. The molecule has 2 unspecified atom stereocenters. The summed E-state index contributed by atoms with van der Waals surface area (Å²) in [6.45, 7) is 12.0. The first-order valence-corrected chi connectivity index (χ1v) is 5.88. The van der Waals surface area contributed by atoms with Gasteiger partial charge in [0.25, 0.3) is 0 Å². The third-order valence-corrected chi connectivity index (χ3v) is 1.88. The third kappa shape index (κ3) is 17.9. The summed E-state index contributed by atoms with van der Waals surface area (Å²) in [5, 5.41) is 8.96. The molecular formula is C12H31NO. The summed E-state index contributed by atoms with van der Waals surface area (Å²) in [5.74, 6) is 0. The molecule has 0 aromatic rings. The normalized spacial score (nSPS) is 13.3. The highest BCUT2D eigenvalue weighted by atomic mass is 16.3. The van der Waals surface area contributed by atoms with Gasteiger partial charge in [-0.25, -0.2) is 0 Å². The van der Waals surface area contributed by atoms with E-state index < -0.39 is 0 Å². The van der Waals surface area contributed by atoms with Gasteiger partial charge in [-0.2, -0.15) is 0 Å².